The fourth-order valence-electron chi connectivity index (χ4n) is 1.85. The van der Waals surface area contributed by atoms with Crippen LogP contribution in [0.25, 0.3) is 6.08 Å². The van der Waals surface area contributed by atoms with Gasteiger partial charge in [0.1, 0.15) is 11.6 Å². The van der Waals surface area contributed by atoms with Gasteiger partial charge in [-0.2, -0.15) is 14.0 Å². The van der Waals surface area contributed by atoms with Crippen molar-refractivity contribution in [1.29, 1.82) is 5.26 Å². The van der Waals surface area contributed by atoms with Gasteiger partial charge < -0.3 is 5.32 Å². The van der Waals surface area contributed by atoms with E-state index in [2.05, 4.69) is 5.32 Å². The number of carbonyl (C=O) groups excluding carboxylic acids is 1. The molecule has 2 rings (SSSR count). The third kappa shape index (κ3) is 5.46. The summed E-state index contributed by atoms with van der Waals surface area (Å²) in [4.78, 5) is 12.6. The van der Waals surface area contributed by atoms with Crippen molar-refractivity contribution in [3.8, 4) is 6.07 Å². The number of carbonyl (C=O) groups is 1. The number of rotatable bonds is 5. The van der Waals surface area contributed by atoms with Crippen molar-refractivity contribution in [3.63, 3.8) is 0 Å². The Hall–Kier alpha value is -2.07. The topological polar surface area (TPSA) is 52.9 Å². The lowest BCUT2D eigenvalue weighted by Crippen LogP contribution is -2.13. The maximum absolute atomic E-state index is 12.3. The minimum Gasteiger partial charge on any atom is -0.321 e. The minimum absolute atomic E-state index is 0.171. The van der Waals surface area contributed by atoms with Gasteiger partial charge in [0.25, 0.3) is 11.7 Å². The number of hydrogen-bond acceptors (Lipinski definition) is 3. The molecular formula is C17H10Cl2F2N2OS. The molecule has 0 atom stereocenters. The van der Waals surface area contributed by atoms with Gasteiger partial charge in [0.15, 0.2) is 0 Å². The second kappa shape index (κ2) is 8.86. The zero-order valence-electron chi connectivity index (χ0n) is 12.5. The molecule has 0 spiro atoms. The van der Waals surface area contributed by atoms with E-state index < -0.39 is 11.7 Å². The second-order valence-electron chi connectivity index (χ2n) is 4.67. The molecule has 0 saturated heterocycles. The number of alkyl halides is 2. The molecule has 1 N–H and O–H groups in total. The Kier molecular flexibility index (Phi) is 6.82. The summed E-state index contributed by atoms with van der Waals surface area (Å²) >= 11 is 12.3. The molecule has 0 radical (unpaired) electrons. The molecule has 25 heavy (non-hydrogen) atoms. The van der Waals surface area contributed by atoms with E-state index in [9.17, 15) is 18.8 Å². The van der Waals surface area contributed by atoms with Gasteiger partial charge in [-0.1, -0.05) is 47.1 Å². The van der Waals surface area contributed by atoms with E-state index >= 15 is 0 Å². The van der Waals surface area contributed by atoms with Crippen LogP contribution in [0, 0.1) is 11.3 Å². The van der Waals surface area contributed by atoms with Crippen LogP contribution in [0.1, 0.15) is 5.56 Å². The van der Waals surface area contributed by atoms with Crippen LogP contribution in [0.5, 0.6) is 0 Å². The van der Waals surface area contributed by atoms with Crippen LogP contribution in [0.2, 0.25) is 10.0 Å². The number of nitriles is 1. The van der Waals surface area contributed by atoms with Gasteiger partial charge in [-0.15, -0.1) is 0 Å². The van der Waals surface area contributed by atoms with Gasteiger partial charge in [0.2, 0.25) is 0 Å². The van der Waals surface area contributed by atoms with Crippen molar-refractivity contribution in [2.75, 3.05) is 5.32 Å². The van der Waals surface area contributed by atoms with Crippen LogP contribution >= 0.6 is 35.0 Å². The van der Waals surface area contributed by atoms with Crippen molar-refractivity contribution in [2.45, 2.75) is 10.7 Å². The first kappa shape index (κ1) is 19.3. The second-order valence-corrected chi connectivity index (χ2v) is 6.52. The summed E-state index contributed by atoms with van der Waals surface area (Å²) < 4.78 is 24.6. The molecule has 0 fully saturated rings. The number of benzene rings is 2. The van der Waals surface area contributed by atoms with E-state index in [1.807, 2.05) is 0 Å². The van der Waals surface area contributed by atoms with E-state index in [0.717, 1.165) is 0 Å². The van der Waals surface area contributed by atoms with Gasteiger partial charge in [0.05, 0.1) is 10.0 Å². The van der Waals surface area contributed by atoms with Gasteiger partial charge in [-0.05, 0) is 42.0 Å². The van der Waals surface area contributed by atoms with Crippen molar-refractivity contribution in [1.82, 2.24) is 0 Å². The number of amides is 1. The number of hydrogen-bond donors (Lipinski definition) is 1. The first-order chi connectivity index (χ1) is 11.9. The summed E-state index contributed by atoms with van der Waals surface area (Å²) in [5.41, 5.74) is 0.640. The van der Waals surface area contributed by atoms with E-state index in [4.69, 9.17) is 23.2 Å². The van der Waals surface area contributed by atoms with E-state index in [-0.39, 0.29) is 10.6 Å². The zero-order chi connectivity index (χ0) is 18.4. The largest absolute Gasteiger partial charge is 0.321 e. The molecule has 0 heterocycles. The van der Waals surface area contributed by atoms with Crippen molar-refractivity contribution < 1.29 is 13.6 Å². The van der Waals surface area contributed by atoms with Crippen molar-refractivity contribution >= 4 is 52.6 Å². The molecule has 2 aromatic carbocycles. The Bertz CT molecular complexity index is 849. The summed E-state index contributed by atoms with van der Waals surface area (Å²) in [7, 11) is 0. The summed E-state index contributed by atoms with van der Waals surface area (Å²) in [6.45, 7) is 0. The fourth-order valence-corrected chi connectivity index (χ4v) is 2.72. The zero-order valence-corrected chi connectivity index (χ0v) is 14.8. The molecule has 0 aliphatic rings. The third-order valence-electron chi connectivity index (χ3n) is 2.98. The van der Waals surface area contributed by atoms with Crippen LogP contribution in [-0.2, 0) is 4.79 Å². The standard InChI is InChI=1S/C17H10Cl2F2N2OS/c18-14-3-1-2-10(15(14)19)8-11(9-22)16(24)23-12-4-6-13(7-5-12)25-17(20)21/h1-8,17H,(H,23,24)/b11-8+. The average molecular weight is 399 g/mol. The summed E-state index contributed by atoms with van der Waals surface area (Å²) in [5.74, 6) is -3.16. The number of thioether (sulfide) groups is 1. The third-order valence-corrected chi connectivity index (χ3v) is 4.54. The van der Waals surface area contributed by atoms with Gasteiger partial charge in [-0.25, -0.2) is 0 Å². The molecule has 8 heteroatoms. The Morgan fingerprint density at radius 3 is 2.48 bits per heavy atom. The molecule has 3 nitrogen and oxygen atoms in total. The molecular weight excluding hydrogens is 389 g/mol. The fraction of sp³-hybridized carbons (Fsp3) is 0.0588. The number of halogens is 4. The monoisotopic (exact) mass is 398 g/mol. The highest BCUT2D eigenvalue weighted by Gasteiger charge is 2.12. The molecule has 0 saturated carbocycles. The smallest absolute Gasteiger partial charge is 0.288 e. The maximum Gasteiger partial charge on any atom is 0.288 e. The Balaban J connectivity index is 2.16. The maximum atomic E-state index is 12.3. The quantitative estimate of drug-likeness (QED) is 0.390. The normalized spacial score (nSPS) is 11.3. The molecule has 0 aliphatic carbocycles. The number of nitrogens with one attached hydrogen (secondary N) is 1. The Labute approximate surface area is 157 Å². The highest BCUT2D eigenvalue weighted by atomic mass is 35.5. The molecule has 128 valence electrons. The van der Waals surface area contributed by atoms with Crippen molar-refractivity contribution in [3.05, 3.63) is 63.6 Å². The van der Waals surface area contributed by atoms with Crippen LogP contribution < -0.4 is 5.32 Å². The van der Waals surface area contributed by atoms with Crippen LogP contribution in [0.4, 0.5) is 14.5 Å². The lowest BCUT2D eigenvalue weighted by atomic mass is 10.1. The Morgan fingerprint density at radius 1 is 1.20 bits per heavy atom. The average Bonchev–Trinajstić information content (AvgIpc) is 2.57. The van der Waals surface area contributed by atoms with Gasteiger partial charge in [0, 0.05) is 10.6 Å². The number of anilines is 1. The number of nitrogens with zero attached hydrogens (tertiary/aromatic N) is 1. The lowest BCUT2D eigenvalue weighted by molar-refractivity contribution is -0.112. The first-order valence-electron chi connectivity index (χ1n) is 6.82. The predicted molar refractivity (Wildman–Crippen MR) is 97.0 cm³/mol. The lowest BCUT2D eigenvalue weighted by Gasteiger charge is -2.06. The Morgan fingerprint density at radius 2 is 1.88 bits per heavy atom. The van der Waals surface area contributed by atoms with Gasteiger partial charge in [-0.3, -0.25) is 4.79 Å². The van der Waals surface area contributed by atoms with Gasteiger partial charge >= 0.3 is 0 Å². The van der Waals surface area contributed by atoms with Crippen LogP contribution in [0.3, 0.4) is 0 Å². The van der Waals surface area contributed by atoms with E-state index in [1.54, 1.807) is 24.3 Å². The summed E-state index contributed by atoms with van der Waals surface area (Å²) in [6, 6.07) is 12.5. The highest BCUT2D eigenvalue weighted by Crippen LogP contribution is 2.28. The van der Waals surface area contributed by atoms with Crippen molar-refractivity contribution in [2.24, 2.45) is 0 Å². The molecule has 0 aromatic heterocycles. The van der Waals surface area contributed by atoms with Crippen LogP contribution in [-0.4, -0.2) is 11.7 Å². The molecule has 0 unspecified atom stereocenters. The molecule has 2 aromatic rings. The molecule has 1 amide bonds. The highest BCUT2D eigenvalue weighted by molar-refractivity contribution is 7.99. The van der Waals surface area contributed by atoms with E-state index in [0.29, 0.717) is 32.9 Å². The summed E-state index contributed by atoms with van der Waals surface area (Å²) in [5, 5.41) is 12.3. The predicted octanol–water partition coefficient (Wildman–Crippen LogP) is 5.85. The van der Waals surface area contributed by atoms with Crippen LogP contribution in [0.15, 0.2) is 52.9 Å². The summed E-state index contributed by atoms with van der Waals surface area (Å²) in [6.07, 6.45) is 1.32. The molecule has 0 bridgehead atoms. The first-order valence-corrected chi connectivity index (χ1v) is 8.46. The SMILES string of the molecule is N#C/C(=C\c1cccc(Cl)c1Cl)C(=O)Nc1ccc(SC(F)F)cc1. The van der Waals surface area contributed by atoms with E-state index in [1.165, 1.54) is 30.3 Å². The molecule has 0 aliphatic heterocycles. The minimum atomic E-state index is -2.52.